The lowest BCUT2D eigenvalue weighted by atomic mass is 10.1. The first-order valence-corrected chi connectivity index (χ1v) is 6.65. The van der Waals surface area contributed by atoms with Crippen molar-refractivity contribution in [2.75, 3.05) is 20.8 Å². The van der Waals surface area contributed by atoms with Gasteiger partial charge < -0.3 is 19.4 Å². The maximum atomic E-state index is 12.4. The zero-order chi connectivity index (χ0) is 13.8. The zero-order valence-corrected chi connectivity index (χ0v) is 11.0. The Morgan fingerprint density at radius 2 is 1.83 bits per heavy atom. The maximum Gasteiger partial charge on any atom is 0.372 e. The fraction of sp³-hybridized carbons (Fsp3) is 0.400. The Morgan fingerprint density at radius 3 is 2.22 bits per heavy atom. The summed E-state index contributed by atoms with van der Waals surface area (Å²) in [6.45, 7) is -0.782. The smallest absolute Gasteiger partial charge is 0.372 e. The second-order valence-electron chi connectivity index (χ2n) is 3.62. The molecule has 0 fully saturated rings. The van der Waals surface area contributed by atoms with E-state index in [1.165, 1.54) is 12.1 Å². The molecule has 0 aromatic heterocycles. The van der Waals surface area contributed by atoms with Crippen molar-refractivity contribution in [1.29, 1.82) is 0 Å². The third-order valence-corrected chi connectivity index (χ3v) is 4.85. The van der Waals surface area contributed by atoms with E-state index in [2.05, 4.69) is 0 Å². The van der Waals surface area contributed by atoms with E-state index in [0.29, 0.717) is 0 Å². The van der Waals surface area contributed by atoms with Gasteiger partial charge in [0.2, 0.25) is 5.34 Å². The summed E-state index contributed by atoms with van der Waals surface area (Å²) in [5, 5.41) is 26.7. The van der Waals surface area contributed by atoms with Crippen LogP contribution in [0.1, 0.15) is 5.56 Å². The standard InChI is InChI=1S/C10H16NO6P/c1-16-18(15,17-2)10(12,8-11(13)14)9-6-4-3-5-7-9/h3-7,11-13H,8H2,1-2H3/t10-/m1/s1. The number of quaternary nitrogens is 1. The molecule has 8 heteroatoms. The van der Waals surface area contributed by atoms with Crippen LogP contribution in [0.2, 0.25) is 0 Å². The molecule has 0 radical (unpaired) electrons. The van der Waals surface area contributed by atoms with Crippen LogP contribution in [0.4, 0.5) is 0 Å². The molecule has 18 heavy (non-hydrogen) atoms. The summed E-state index contributed by atoms with van der Waals surface area (Å²) in [4.78, 5) is 0. The van der Waals surface area contributed by atoms with Gasteiger partial charge >= 0.3 is 7.60 Å². The van der Waals surface area contributed by atoms with Crippen molar-refractivity contribution in [3.63, 3.8) is 0 Å². The minimum Gasteiger partial charge on any atom is -0.600 e. The van der Waals surface area contributed by atoms with Crippen LogP contribution in [0.3, 0.4) is 0 Å². The number of hydrogen-bond acceptors (Lipinski definition) is 6. The van der Waals surface area contributed by atoms with Crippen LogP contribution >= 0.6 is 7.60 Å². The average molecular weight is 277 g/mol. The number of nitrogens with one attached hydrogen (secondary N) is 1. The number of benzene rings is 1. The van der Waals surface area contributed by atoms with E-state index in [1.54, 1.807) is 18.2 Å². The van der Waals surface area contributed by atoms with E-state index in [0.717, 1.165) is 14.2 Å². The summed E-state index contributed by atoms with van der Waals surface area (Å²) in [7, 11) is -1.81. The van der Waals surface area contributed by atoms with Crippen LogP contribution in [0.25, 0.3) is 0 Å². The molecule has 0 saturated heterocycles. The first kappa shape index (κ1) is 15.3. The molecule has 0 spiro atoms. The molecule has 0 bridgehead atoms. The predicted octanol–water partition coefficient (Wildman–Crippen LogP) is 0.0895. The lowest BCUT2D eigenvalue weighted by Crippen LogP contribution is -3.06. The Labute approximate surface area is 105 Å². The topological polar surface area (TPSA) is 103 Å². The van der Waals surface area contributed by atoms with E-state index in [-0.39, 0.29) is 5.56 Å². The molecular weight excluding hydrogens is 261 g/mol. The average Bonchev–Trinajstić information content (AvgIpc) is 2.37. The molecular formula is C10H16NO6P. The van der Waals surface area contributed by atoms with Gasteiger partial charge in [-0.15, -0.1) is 0 Å². The second kappa shape index (κ2) is 5.90. The molecule has 102 valence electrons. The Bertz CT molecular complexity index is 418. The van der Waals surface area contributed by atoms with Gasteiger partial charge in [-0.2, -0.15) is 0 Å². The maximum absolute atomic E-state index is 12.4. The minimum atomic E-state index is -4.00. The Hall–Kier alpha value is -0.790. The highest BCUT2D eigenvalue weighted by Gasteiger charge is 2.53. The monoisotopic (exact) mass is 277 g/mol. The summed E-state index contributed by atoms with van der Waals surface area (Å²) in [6.07, 6.45) is 0. The highest BCUT2D eigenvalue weighted by molar-refractivity contribution is 7.54. The van der Waals surface area contributed by atoms with Crippen LogP contribution in [-0.2, 0) is 19.0 Å². The van der Waals surface area contributed by atoms with Gasteiger partial charge in [0.05, 0.1) is 0 Å². The van der Waals surface area contributed by atoms with Gasteiger partial charge in [0.15, 0.2) is 6.54 Å². The van der Waals surface area contributed by atoms with Crippen molar-refractivity contribution in [3.05, 3.63) is 41.1 Å². The van der Waals surface area contributed by atoms with Crippen LogP contribution in [-0.4, -0.2) is 31.1 Å². The lowest BCUT2D eigenvalue weighted by molar-refractivity contribution is -1.05. The summed E-state index contributed by atoms with van der Waals surface area (Å²) >= 11 is 0. The van der Waals surface area contributed by atoms with Crippen LogP contribution < -0.4 is 5.23 Å². The van der Waals surface area contributed by atoms with Crippen molar-refractivity contribution in [2.45, 2.75) is 5.34 Å². The summed E-state index contributed by atoms with van der Waals surface area (Å²) in [6, 6.07) is 7.81. The fourth-order valence-corrected chi connectivity index (χ4v) is 3.20. The Kier molecular flexibility index (Phi) is 5.01. The van der Waals surface area contributed by atoms with E-state index in [9.17, 15) is 14.9 Å². The molecule has 1 aromatic rings. The molecule has 0 aliphatic carbocycles. The second-order valence-corrected chi connectivity index (χ2v) is 6.08. The van der Waals surface area contributed by atoms with Gasteiger partial charge in [0, 0.05) is 19.8 Å². The number of rotatable bonds is 6. The van der Waals surface area contributed by atoms with E-state index in [4.69, 9.17) is 14.3 Å². The third-order valence-electron chi connectivity index (χ3n) is 2.57. The molecule has 1 aromatic carbocycles. The van der Waals surface area contributed by atoms with E-state index < -0.39 is 24.7 Å². The number of hydrogen-bond donors (Lipinski definition) is 3. The van der Waals surface area contributed by atoms with E-state index >= 15 is 0 Å². The molecule has 3 N–H and O–H groups in total. The lowest BCUT2D eigenvalue weighted by Gasteiger charge is -2.34. The summed E-state index contributed by atoms with van der Waals surface area (Å²) < 4.78 is 21.8. The Balaban J connectivity index is 3.31. The zero-order valence-electron chi connectivity index (χ0n) is 10.1. The van der Waals surface area contributed by atoms with E-state index in [1.807, 2.05) is 0 Å². The third kappa shape index (κ3) is 2.78. The quantitative estimate of drug-likeness (QED) is 0.503. The normalized spacial score (nSPS) is 17.2. The van der Waals surface area contributed by atoms with Crippen LogP contribution in [0.5, 0.6) is 0 Å². The van der Waals surface area contributed by atoms with Crippen molar-refractivity contribution < 1.29 is 29.2 Å². The van der Waals surface area contributed by atoms with Crippen molar-refractivity contribution in [1.82, 2.24) is 0 Å². The van der Waals surface area contributed by atoms with Crippen molar-refractivity contribution in [2.24, 2.45) is 0 Å². The molecule has 0 heterocycles. The molecule has 7 nitrogen and oxygen atoms in total. The molecule has 2 atom stereocenters. The first-order valence-electron chi connectivity index (χ1n) is 5.11. The number of hydroxylamine groups is 2. The SMILES string of the molecule is COP(=O)(OC)[C@](O)(C[NH+]([O-])O)c1ccccc1. The Morgan fingerprint density at radius 1 is 1.33 bits per heavy atom. The van der Waals surface area contributed by atoms with Gasteiger partial charge in [-0.1, -0.05) is 30.3 Å². The molecule has 0 aliphatic rings. The van der Waals surface area contributed by atoms with Gasteiger partial charge in [-0.3, -0.25) is 4.57 Å². The largest absolute Gasteiger partial charge is 0.600 e. The van der Waals surface area contributed by atoms with Gasteiger partial charge in [-0.25, -0.2) is 10.4 Å². The van der Waals surface area contributed by atoms with Crippen LogP contribution in [0.15, 0.2) is 30.3 Å². The van der Waals surface area contributed by atoms with Crippen LogP contribution in [0, 0.1) is 5.21 Å². The molecule has 0 aliphatic heterocycles. The van der Waals surface area contributed by atoms with Crippen molar-refractivity contribution >= 4 is 7.60 Å². The van der Waals surface area contributed by atoms with Gasteiger partial charge in [-0.05, 0) is 0 Å². The minimum absolute atomic E-state index is 0.166. The highest BCUT2D eigenvalue weighted by atomic mass is 31.2. The molecule has 0 amide bonds. The summed E-state index contributed by atoms with van der Waals surface area (Å²) in [5.74, 6) is 0. The number of aliphatic hydroxyl groups is 1. The molecule has 0 saturated carbocycles. The first-order chi connectivity index (χ1) is 8.39. The molecule has 1 rings (SSSR count). The molecule has 1 unspecified atom stereocenters. The van der Waals surface area contributed by atoms with Crippen molar-refractivity contribution in [3.8, 4) is 0 Å². The summed E-state index contributed by atoms with van der Waals surface area (Å²) in [5.41, 5.74) is 0.166. The van der Waals surface area contributed by atoms with Gasteiger partial charge in [0.25, 0.3) is 0 Å². The predicted molar refractivity (Wildman–Crippen MR) is 62.9 cm³/mol. The fourth-order valence-electron chi connectivity index (χ4n) is 1.65. The highest BCUT2D eigenvalue weighted by Crippen LogP contribution is 2.61. The van der Waals surface area contributed by atoms with Gasteiger partial charge in [0.1, 0.15) is 0 Å².